The first-order valence-corrected chi connectivity index (χ1v) is 9.11. The van der Waals surface area contributed by atoms with Gasteiger partial charge in [-0.2, -0.15) is 0 Å². The van der Waals surface area contributed by atoms with Crippen molar-refractivity contribution in [1.29, 1.82) is 0 Å². The van der Waals surface area contributed by atoms with Crippen LogP contribution >= 0.6 is 11.3 Å². The van der Waals surface area contributed by atoms with Crippen LogP contribution in [0.4, 0.5) is 4.79 Å². The average Bonchev–Trinajstić information content (AvgIpc) is 3.39. The summed E-state index contributed by atoms with van der Waals surface area (Å²) in [5.74, 6) is 0.558. The zero-order valence-electron chi connectivity index (χ0n) is 13.6. The number of hydrogen-bond donors (Lipinski definition) is 2. The molecular formula is C16H26N4OS. The second-order valence-electron chi connectivity index (χ2n) is 6.74. The highest BCUT2D eigenvalue weighted by Gasteiger charge is 2.35. The monoisotopic (exact) mass is 322 g/mol. The molecule has 2 aliphatic rings. The Morgan fingerprint density at radius 3 is 2.73 bits per heavy atom. The molecule has 0 radical (unpaired) electrons. The molecule has 2 unspecified atom stereocenters. The molecule has 1 heterocycles. The number of thiazole rings is 1. The van der Waals surface area contributed by atoms with E-state index in [-0.39, 0.29) is 12.1 Å². The molecule has 5 nitrogen and oxygen atoms in total. The number of nitrogens with one attached hydrogen (secondary N) is 2. The quantitative estimate of drug-likeness (QED) is 0.811. The van der Waals surface area contributed by atoms with Crippen LogP contribution in [-0.4, -0.2) is 41.6 Å². The van der Waals surface area contributed by atoms with Crippen LogP contribution in [0.15, 0.2) is 5.38 Å². The molecule has 3 rings (SSSR count). The number of urea groups is 1. The second kappa shape index (κ2) is 6.54. The fourth-order valence-corrected chi connectivity index (χ4v) is 3.68. The van der Waals surface area contributed by atoms with Gasteiger partial charge in [-0.1, -0.05) is 0 Å². The van der Waals surface area contributed by atoms with Crippen LogP contribution < -0.4 is 10.6 Å². The number of carbonyl (C=O) groups excluding carboxylic acids is 1. The van der Waals surface area contributed by atoms with E-state index in [1.807, 2.05) is 6.92 Å². The first kappa shape index (κ1) is 15.7. The lowest BCUT2D eigenvalue weighted by Gasteiger charge is -2.25. The Bertz CT molecular complexity index is 524. The van der Waals surface area contributed by atoms with E-state index < -0.39 is 0 Å². The summed E-state index contributed by atoms with van der Waals surface area (Å²) < 4.78 is 0. The van der Waals surface area contributed by atoms with Crippen molar-refractivity contribution in [2.75, 3.05) is 13.6 Å². The third-order valence-electron chi connectivity index (χ3n) is 4.66. The van der Waals surface area contributed by atoms with Crippen LogP contribution in [-0.2, 0) is 0 Å². The minimum atomic E-state index is -0.0687. The lowest BCUT2D eigenvalue weighted by molar-refractivity contribution is 0.219. The predicted molar refractivity (Wildman–Crippen MR) is 89.1 cm³/mol. The molecule has 122 valence electrons. The van der Waals surface area contributed by atoms with E-state index in [9.17, 15) is 4.79 Å². The number of rotatable bonds is 7. The van der Waals surface area contributed by atoms with Crippen molar-refractivity contribution in [1.82, 2.24) is 20.5 Å². The number of nitrogens with zero attached hydrogens (tertiary/aromatic N) is 2. The Kier molecular flexibility index (Phi) is 4.68. The van der Waals surface area contributed by atoms with Gasteiger partial charge in [0.05, 0.1) is 6.04 Å². The van der Waals surface area contributed by atoms with Crippen molar-refractivity contribution in [2.45, 2.75) is 57.7 Å². The van der Waals surface area contributed by atoms with Crippen LogP contribution in [0, 0.1) is 12.8 Å². The van der Waals surface area contributed by atoms with Gasteiger partial charge in [0.25, 0.3) is 0 Å². The lowest BCUT2D eigenvalue weighted by Crippen LogP contribution is -2.45. The van der Waals surface area contributed by atoms with Crippen molar-refractivity contribution < 1.29 is 4.79 Å². The summed E-state index contributed by atoms with van der Waals surface area (Å²) in [4.78, 5) is 19.1. The Balaban J connectivity index is 1.49. The van der Waals surface area contributed by atoms with E-state index >= 15 is 0 Å². The van der Waals surface area contributed by atoms with Gasteiger partial charge in [0.2, 0.25) is 0 Å². The van der Waals surface area contributed by atoms with Crippen LogP contribution in [0.2, 0.25) is 0 Å². The van der Waals surface area contributed by atoms with E-state index in [2.05, 4.69) is 39.9 Å². The fourth-order valence-electron chi connectivity index (χ4n) is 2.74. The summed E-state index contributed by atoms with van der Waals surface area (Å²) in [6.45, 7) is 4.85. The Hall–Kier alpha value is -1.14. The zero-order chi connectivity index (χ0) is 15.7. The number of hydrogen-bond acceptors (Lipinski definition) is 4. The minimum Gasteiger partial charge on any atom is -0.337 e. The highest BCUT2D eigenvalue weighted by Crippen LogP contribution is 2.41. The van der Waals surface area contributed by atoms with Crippen molar-refractivity contribution in [3.63, 3.8) is 0 Å². The van der Waals surface area contributed by atoms with Gasteiger partial charge in [0.15, 0.2) is 0 Å². The van der Waals surface area contributed by atoms with E-state index in [0.29, 0.717) is 18.5 Å². The van der Waals surface area contributed by atoms with Gasteiger partial charge in [-0.3, -0.25) is 4.90 Å². The third-order valence-corrected chi connectivity index (χ3v) is 5.70. The topological polar surface area (TPSA) is 57.3 Å². The van der Waals surface area contributed by atoms with Gasteiger partial charge in [0, 0.05) is 29.7 Å². The molecule has 2 amide bonds. The van der Waals surface area contributed by atoms with Crippen LogP contribution in [0.25, 0.3) is 0 Å². The molecule has 2 saturated carbocycles. The van der Waals surface area contributed by atoms with E-state index in [4.69, 9.17) is 0 Å². The van der Waals surface area contributed by atoms with Gasteiger partial charge >= 0.3 is 6.03 Å². The Morgan fingerprint density at radius 1 is 1.45 bits per heavy atom. The molecule has 22 heavy (non-hydrogen) atoms. The summed E-state index contributed by atoms with van der Waals surface area (Å²) in [6, 6.07) is 1.10. The molecule has 0 saturated heterocycles. The normalized spacial score (nSPS) is 20.7. The maximum atomic E-state index is 12.2. The van der Waals surface area contributed by atoms with Crippen molar-refractivity contribution in [3.05, 3.63) is 16.1 Å². The number of aryl methyl sites for hydroxylation is 1. The molecule has 0 aromatic carbocycles. The first-order valence-electron chi connectivity index (χ1n) is 8.23. The maximum absolute atomic E-state index is 12.2. The summed E-state index contributed by atoms with van der Waals surface area (Å²) >= 11 is 1.65. The Labute approximate surface area is 136 Å². The first-order chi connectivity index (χ1) is 10.5. The molecule has 2 atom stereocenters. The average molecular weight is 322 g/mol. The van der Waals surface area contributed by atoms with Gasteiger partial charge in [-0.15, -0.1) is 11.3 Å². The molecule has 1 aromatic rings. The molecule has 1 aromatic heterocycles. The lowest BCUT2D eigenvalue weighted by atomic mass is 10.2. The van der Waals surface area contributed by atoms with Crippen molar-refractivity contribution in [3.8, 4) is 0 Å². The van der Waals surface area contributed by atoms with Crippen LogP contribution in [0.1, 0.15) is 49.4 Å². The van der Waals surface area contributed by atoms with Gasteiger partial charge in [-0.05, 0) is 52.5 Å². The van der Waals surface area contributed by atoms with E-state index in [0.717, 1.165) is 16.7 Å². The summed E-state index contributed by atoms with van der Waals surface area (Å²) in [6.07, 6.45) is 4.95. The summed E-state index contributed by atoms with van der Waals surface area (Å²) in [5.41, 5.74) is 1.03. The summed E-state index contributed by atoms with van der Waals surface area (Å²) in [5, 5.41) is 9.24. The summed E-state index contributed by atoms with van der Waals surface area (Å²) in [7, 11) is 2.15. The number of amides is 2. The van der Waals surface area contributed by atoms with E-state index in [1.165, 1.54) is 25.7 Å². The predicted octanol–water partition coefficient (Wildman–Crippen LogP) is 2.68. The molecule has 0 bridgehead atoms. The zero-order valence-corrected chi connectivity index (χ0v) is 14.4. The molecule has 2 fully saturated rings. The minimum absolute atomic E-state index is 0.0687. The standard InChI is InChI=1S/C16H26N4OS/c1-10-9-22-15(18-10)14(12-4-5-12)19-16(21)17-8-11(2)20(3)13-6-7-13/h9,11-14H,4-8H2,1-3H3,(H2,17,19,21). The number of carbonyl (C=O) groups is 1. The molecule has 0 spiro atoms. The second-order valence-corrected chi connectivity index (χ2v) is 7.63. The molecule has 0 aliphatic heterocycles. The third kappa shape index (κ3) is 3.98. The van der Waals surface area contributed by atoms with Crippen LogP contribution in [0.3, 0.4) is 0 Å². The number of likely N-dealkylation sites (N-methyl/N-ethyl adjacent to an activating group) is 1. The van der Waals surface area contributed by atoms with Gasteiger partial charge in [0.1, 0.15) is 5.01 Å². The van der Waals surface area contributed by atoms with Crippen molar-refractivity contribution in [2.24, 2.45) is 5.92 Å². The molecule has 2 N–H and O–H groups in total. The van der Waals surface area contributed by atoms with Gasteiger partial charge < -0.3 is 10.6 Å². The van der Waals surface area contributed by atoms with E-state index in [1.54, 1.807) is 11.3 Å². The largest absolute Gasteiger partial charge is 0.337 e. The maximum Gasteiger partial charge on any atom is 0.315 e. The SMILES string of the molecule is Cc1csc(C(NC(=O)NCC(C)N(C)C2CC2)C2CC2)n1. The smallest absolute Gasteiger partial charge is 0.315 e. The van der Waals surface area contributed by atoms with Crippen molar-refractivity contribution >= 4 is 17.4 Å². The molecular weight excluding hydrogens is 296 g/mol. The van der Waals surface area contributed by atoms with Gasteiger partial charge in [-0.25, -0.2) is 9.78 Å². The molecule has 2 aliphatic carbocycles. The molecule has 6 heteroatoms. The highest BCUT2D eigenvalue weighted by atomic mass is 32.1. The van der Waals surface area contributed by atoms with Crippen LogP contribution in [0.5, 0.6) is 0 Å². The fraction of sp³-hybridized carbons (Fsp3) is 0.750. The highest BCUT2D eigenvalue weighted by molar-refractivity contribution is 7.09. The number of aromatic nitrogens is 1. The Morgan fingerprint density at radius 2 is 2.18 bits per heavy atom.